The lowest BCUT2D eigenvalue weighted by atomic mass is 9.88. The number of halogens is 2. The summed E-state index contributed by atoms with van der Waals surface area (Å²) in [7, 11) is 0. The van der Waals surface area contributed by atoms with Crippen molar-refractivity contribution < 1.29 is 23.2 Å². The van der Waals surface area contributed by atoms with E-state index in [1.165, 1.54) is 25.3 Å². The molecular weight excluding hydrogens is 396 g/mol. The molecule has 10 heteroatoms. The van der Waals surface area contributed by atoms with Crippen LogP contribution in [0.15, 0.2) is 18.3 Å². The van der Waals surface area contributed by atoms with Crippen molar-refractivity contribution in [1.82, 2.24) is 21.2 Å². The molecule has 4 N–H and O–H groups in total. The van der Waals surface area contributed by atoms with Crippen molar-refractivity contribution in [2.24, 2.45) is 5.41 Å². The first kappa shape index (κ1) is 23.5. The van der Waals surface area contributed by atoms with Gasteiger partial charge in [0.25, 0.3) is 11.8 Å². The molecule has 3 rings (SSSR count). The molecule has 2 atom stereocenters. The molecule has 2 heterocycles. The fourth-order valence-corrected chi connectivity index (χ4v) is 3.46. The van der Waals surface area contributed by atoms with Crippen LogP contribution in [0.25, 0.3) is 0 Å². The van der Waals surface area contributed by atoms with E-state index in [1.807, 2.05) is 13.8 Å². The lowest BCUT2D eigenvalue weighted by Crippen LogP contribution is -2.51. The van der Waals surface area contributed by atoms with Gasteiger partial charge in [0, 0.05) is 31.6 Å². The van der Waals surface area contributed by atoms with E-state index >= 15 is 0 Å². The Morgan fingerprint density at radius 1 is 1.23 bits per heavy atom. The molecule has 30 heavy (non-hydrogen) atoms. The number of nitrogens with zero attached hydrogens (tertiary/aromatic N) is 1. The van der Waals surface area contributed by atoms with E-state index in [9.17, 15) is 23.2 Å². The number of hydrogen-bond donors (Lipinski definition) is 4. The van der Waals surface area contributed by atoms with E-state index in [4.69, 9.17) is 0 Å². The number of hydrogen-bond acceptors (Lipinski definition) is 5. The van der Waals surface area contributed by atoms with Gasteiger partial charge >= 0.3 is 0 Å². The number of aromatic nitrogens is 1. The second-order valence-electron chi connectivity index (χ2n) is 7.44. The standard InChI is InChI=1S/C18H23F2N5O3.C2H6/c1-17(7-9-22-15(17)27)16(28)25-24-14(26)12-5-3-8-21-13(12)23-11-4-2-6-18(19,20)10-11;1-2/h3,5,8,11H,2,4,6-7,9-10H2,1H3,(H,21,23)(H,22,27)(H,24,26)(H,25,28);1-2H3. The van der Waals surface area contributed by atoms with Crippen LogP contribution in [0.5, 0.6) is 0 Å². The van der Waals surface area contributed by atoms with Crippen LogP contribution < -0.4 is 21.5 Å². The monoisotopic (exact) mass is 425 g/mol. The summed E-state index contributed by atoms with van der Waals surface area (Å²) in [6.45, 7) is 5.89. The van der Waals surface area contributed by atoms with Gasteiger partial charge in [-0.3, -0.25) is 25.2 Å². The number of alkyl halides is 2. The molecule has 2 aliphatic rings. The first-order valence-corrected chi connectivity index (χ1v) is 10.2. The van der Waals surface area contributed by atoms with Gasteiger partial charge in [0.2, 0.25) is 11.8 Å². The quantitative estimate of drug-likeness (QED) is 0.437. The minimum Gasteiger partial charge on any atom is -0.366 e. The van der Waals surface area contributed by atoms with Crippen molar-refractivity contribution in [3.05, 3.63) is 23.9 Å². The van der Waals surface area contributed by atoms with Crippen LogP contribution in [-0.2, 0) is 9.59 Å². The van der Waals surface area contributed by atoms with Gasteiger partial charge in [0.1, 0.15) is 11.2 Å². The Balaban J connectivity index is 0.00000155. The Morgan fingerprint density at radius 2 is 1.97 bits per heavy atom. The molecule has 0 bridgehead atoms. The van der Waals surface area contributed by atoms with Gasteiger partial charge in [-0.2, -0.15) is 0 Å². The average molecular weight is 425 g/mol. The molecule has 1 saturated carbocycles. The first-order chi connectivity index (χ1) is 14.2. The molecule has 0 aromatic carbocycles. The molecule has 3 amide bonds. The SMILES string of the molecule is CC.CC1(C(=O)NNC(=O)c2cccnc2NC2CCCC(F)(F)C2)CCNC1=O. The van der Waals surface area contributed by atoms with Crippen LogP contribution in [0.4, 0.5) is 14.6 Å². The van der Waals surface area contributed by atoms with Crippen LogP contribution in [0.3, 0.4) is 0 Å². The van der Waals surface area contributed by atoms with E-state index < -0.39 is 35.1 Å². The molecule has 2 fully saturated rings. The van der Waals surface area contributed by atoms with Gasteiger partial charge < -0.3 is 10.6 Å². The summed E-state index contributed by atoms with van der Waals surface area (Å²) in [6, 6.07) is 2.51. The number of hydrazine groups is 1. The molecule has 1 aliphatic carbocycles. The van der Waals surface area contributed by atoms with Gasteiger partial charge in [-0.15, -0.1) is 0 Å². The van der Waals surface area contributed by atoms with Gasteiger partial charge in [0.05, 0.1) is 5.56 Å². The van der Waals surface area contributed by atoms with Crippen molar-refractivity contribution >= 4 is 23.5 Å². The van der Waals surface area contributed by atoms with Crippen LogP contribution in [-0.4, -0.2) is 41.2 Å². The minimum absolute atomic E-state index is 0.109. The van der Waals surface area contributed by atoms with Crippen molar-refractivity contribution in [2.45, 2.75) is 64.8 Å². The van der Waals surface area contributed by atoms with E-state index in [1.54, 1.807) is 0 Å². The zero-order chi connectivity index (χ0) is 22.4. The maximum Gasteiger partial charge on any atom is 0.273 e. The fraction of sp³-hybridized carbons (Fsp3) is 0.600. The number of anilines is 1. The predicted octanol–water partition coefficient (Wildman–Crippen LogP) is 2.38. The smallest absolute Gasteiger partial charge is 0.273 e. The van der Waals surface area contributed by atoms with Gasteiger partial charge in [-0.25, -0.2) is 13.8 Å². The normalized spacial score (nSPS) is 24.7. The van der Waals surface area contributed by atoms with Crippen LogP contribution >= 0.6 is 0 Å². The second kappa shape index (κ2) is 9.82. The van der Waals surface area contributed by atoms with Crippen molar-refractivity contribution in [1.29, 1.82) is 0 Å². The summed E-state index contributed by atoms with van der Waals surface area (Å²) >= 11 is 0. The predicted molar refractivity (Wildman–Crippen MR) is 108 cm³/mol. The molecule has 8 nitrogen and oxygen atoms in total. The van der Waals surface area contributed by atoms with Crippen LogP contribution in [0.1, 0.15) is 63.2 Å². The number of nitrogens with one attached hydrogen (secondary N) is 4. The Kier molecular flexibility index (Phi) is 7.69. The van der Waals surface area contributed by atoms with Crippen molar-refractivity contribution in [2.75, 3.05) is 11.9 Å². The minimum atomic E-state index is -2.74. The highest BCUT2D eigenvalue weighted by Gasteiger charge is 2.45. The molecule has 1 aliphatic heterocycles. The van der Waals surface area contributed by atoms with E-state index in [-0.39, 0.29) is 24.2 Å². The summed E-state index contributed by atoms with van der Waals surface area (Å²) in [6.07, 6.45) is 2.24. The topological polar surface area (TPSA) is 112 Å². The Bertz CT molecular complexity index is 789. The van der Waals surface area contributed by atoms with E-state index in [0.29, 0.717) is 25.8 Å². The highest BCUT2D eigenvalue weighted by molar-refractivity contribution is 6.07. The second-order valence-corrected chi connectivity index (χ2v) is 7.44. The lowest BCUT2D eigenvalue weighted by molar-refractivity contribution is -0.140. The van der Waals surface area contributed by atoms with E-state index in [2.05, 4.69) is 26.5 Å². The number of carbonyl (C=O) groups excluding carboxylic acids is 3. The average Bonchev–Trinajstić information content (AvgIpc) is 3.06. The summed E-state index contributed by atoms with van der Waals surface area (Å²) in [5.74, 6) is -4.25. The molecule has 1 aromatic heterocycles. The zero-order valence-corrected chi connectivity index (χ0v) is 17.5. The maximum atomic E-state index is 13.6. The zero-order valence-electron chi connectivity index (χ0n) is 17.5. The van der Waals surface area contributed by atoms with Gasteiger partial charge in [-0.1, -0.05) is 13.8 Å². The highest BCUT2D eigenvalue weighted by atomic mass is 19.3. The molecule has 0 radical (unpaired) electrons. The third-order valence-electron chi connectivity index (χ3n) is 5.24. The molecule has 2 unspecified atom stereocenters. The lowest BCUT2D eigenvalue weighted by Gasteiger charge is -2.30. The van der Waals surface area contributed by atoms with Gasteiger partial charge in [-0.05, 0) is 38.3 Å². The summed E-state index contributed by atoms with van der Waals surface area (Å²) in [5.41, 5.74) is 3.39. The van der Waals surface area contributed by atoms with Crippen LogP contribution in [0.2, 0.25) is 0 Å². The first-order valence-electron chi connectivity index (χ1n) is 10.2. The largest absolute Gasteiger partial charge is 0.366 e. The van der Waals surface area contributed by atoms with Gasteiger partial charge in [0.15, 0.2) is 0 Å². The summed E-state index contributed by atoms with van der Waals surface area (Å²) in [4.78, 5) is 40.7. The molecular formula is C20H29F2N5O3. The molecule has 1 saturated heterocycles. The number of amides is 3. The Morgan fingerprint density at radius 3 is 2.60 bits per heavy atom. The number of pyridine rings is 1. The summed E-state index contributed by atoms with van der Waals surface area (Å²) < 4.78 is 27.2. The number of carbonyl (C=O) groups is 3. The third kappa shape index (κ3) is 5.43. The van der Waals surface area contributed by atoms with Crippen molar-refractivity contribution in [3.8, 4) is 0 Å². The molecule has 1 aromatic rings. The third-order valence-corrected chi connectivity index (χ3v) is 5.24. The summed E-state index contributed by atoms with van der Waals surface area (Å²) in [5, 5.41) is 5.49. The van der Waals surface area contributed by atoms with Crippen molar-refractivity contribution in [3.63, 3.8) is 0 Å². The maximum absolute atomic E-state index is 13.6. The Labute approximate surface area is 174 Å². The highest BCUT2D eigenvalue weighted by Crippen LogP contribution is 2.34. The van der Waals surface area contributed by atoms with E-state index in [0.717, 1.165) is 0 Å². The Hall–Kier alpha value is -2.78. The number of rotatable bonds is 4. The fourth-order valence-electron chi connectivity index (χ4n) is 3.46. The molecule has 0 spiro atoms. The molecule has 166 valence electrons. The van der Waals surface area contributed by atoms with Crippen LogP contribution in [0, 0.1) is 5.41 Å².